The molecule has 1 aliphatic heterocycles. The number of rotatable bonds is 3. The maximum atomic E-state index is 12.7. The summed E-state index contributed by atoms with van der Waals surface area (Å²) in [5, 5.41) is 18.0. The van der Waals surface area contributed by atoms with Crippen LogP contribution < -0.4 is 10.2 Å². The number of aliphatic hydroxyl groups excluding tert-OH is 1. The number of anilines is 2. The lowest BCUT2D eigenvalue weighted by Gasteiger charge is -2.17. The lowest BCUT2D eigenvalue weighted by molar-refractivity contribution is 0.102. The van der Waals surface area contributed by atoms with Gasteiger partial charge in [0.05, 0.1) is 11.6 Å². The largest absolute Gasteiger partial charge is 0.391 e. The number of aromatic nitrogens is 3. The van der Waals surface area contributed by atoms with Crippen LogP contribution in [-0.4, -0.2) is 45.0 Å². The van der Waals surface area contributed by atoms with E-state index >= 15 is 0 Å². The fourth-order valence-corrected chi connectivity index (χ4v) is 3.30. The van der Waals surface area contributed by atoms with Crippen LogP contribution >= 0.6 is 0 Å². The molecule has 2 N–H and O–H groups in total. The molecule has 1 saturated heterocycles. The highest BCUT2D eigenvalue weighted by atomic mass is 16.3. The van der Waals surface area contributed by atoms with Gasteiger partial charge in [-0.3, -0.25) is 9.48 Å². The monoisotopic (exact) mass is 351 g/mol. The molecule has 0 bridgehead atoms. The van der Waals surface area contributed by atoms with E-state index in [0.29, 0.717) is 18.1 Å². The predicted octanol–water partition coefficient (Wildman–Crippen LogP) is 2.10. The van der Waals surface area contributed by atoms with E-state index in [1.807, 2.05) is 49.3 Å². The minimum absolute atomic E-state index is 0.252. The van der Waals surface area contributed by atoms with Crippen molar-refractivity contribution in [1.82, 2.24) is 14.8 Å². The van der Waals surface area contributed by atoms with Gasteiger partial charge >= 0.3 is 0 Å². The predicted molar refractivity (Wildman–Crippen MR) is 100 cm³/mol. The molecule has 1 fully saturated rings. The lowest BCUT2D eigenvalue weighted by atomic mass is 10.1. The molecule has 1 atom stereocenters. The number of amides is 1. The van der Waals surface area contributed by atoms with E-state index in [1.165, 1.54) is 0 Å². The van der Waals surface area contributed by atoms with Crippen LogP contribution in [0.1, 0.15) is 22.5 Å². The molecule has 0 spiro atoms. The molecule has 3 heterocycles. The highest BCUT2D eigenvalue weighted by Crippen LogP contribution is 2.24. The Labute approximate surface area is 151 Å². The number of aryl methyl sites for hydroxylation is 2. The maximum Gasteiger partial charge on any atom is 0.274 e. The van der Waals surface area contributed by atoms with Crippen molar-refractivity contribution in [3.05, 3.63) is 47.8 Å². The van der Waals surface area contributed by atoms with Crippen molar-refractivity contribution in [3.63, 3.8) is 0 Å². The molecule has 26 heavy (non-hydrogen) atoms. The number of β-amino-alcohol motifs (C(OH)–C–C–N with tert-alkyl or cyclic N) is 1. The van der Waals surface area contributed by atoms with Gasteiger partial charge in [0, 0.05) is 37.4 Å². The lowest BCUT2D eigenvalue weighted by Crippen LogP contribution is -2.23. The van der Waals surface area contributed by atoms with Crippen molar-refractivity contribution in [3.8, 4) is 0 Å². The molecule has 0 aliphatic carbocycles. The van der Waals surface area contributed by atoms with Gasteiger partial charge in [-0.1, -0.05) is 6.07 Å². The summed E-state index contributed by atoms with van der Waals surface area (Å²) in [5.41, 5.74) is 2.95. The Kier molecular flexibility index (Phi) is 4.08. The molecule has 4 rings (SSSR count). The third-order valence-electron chi connectivity index (χ3n) is 4.67. The summed E-state index contributed by atoms with van der Waals surface area (Å²) >= 11 is 0. The zero-order valence-corrected chi connectivity index (χ0v) is 14.8. The van der Waals surface area contributed by atoms with Crippen LogP contribution in [0.25, 0.3) is 10.9 Å². The summed E-state index contributed by atoms with van der Waals surface area (Å²) in [5.74, 6) is 0.464. The van der Waals surface area contributed by atoms with Gasteiger partial charge in [-0.05, 0) is 43.2 Å². The van der Waals surface area contributed by atoms with Crippen LogP contribution in [-0.2, 0) is 7.05 Å². The zero-order valence-electron chi connectivity index (χ0n) is 14.8. The second-order valence-corrected chi connectivity index (χ2v) is 6.75. The Morgan fingerprint density at radius 2 is 2.19 bits per heavy atom. The average Bonchev–Trinajstić information content (AvgIpc) is 3.20. The van der Waals surface area contributed by atoms with Gasteiger partial charge in [-0.15, -0.1) is 0 Å². The van der Waals surface area contributed by atoms with Gasteiger partial charge in [-0.2, -0.15) is 5.10 Å². The summed E-state index contributed by atoms with van der Waals surface area (Å²) in [6.07, 6.45) is 2.31. The van der Waals surface area contributed by atoms with E-state index in [9.17, 15) is 9.90 Å². The van der Waals surface area contributed by atoms with E-state index in [1.54, 1.807) is 10.7 Å². The van der Waals surface area contributed by atoms with Crippen LogP contribution in [0.3, 0.4) is 0 Å². The minimum atomic E-state index is -0.330. The number of nitrogens with one attached hydrogen (secondary N) is 1. The summed E-state index contributed by atoms with van der Waals surface area (Å²) in [4.78, 5) is 19.1. The fourth-order valence-electron chi connectivity index (χ4n) is 3.30. The van der Waals surface area contributed by atoms with Gasteiger partial charge in [0.15, 0.2) is 0 Å². The Morgan fingerprint density at radius 3 is 2.96 bits per heavy atom. The number of fused-ring (bicyclic) bond motifs is 1. The number of hydrogen-bond donors (Lipinski definition) is 2. The molecular formula is C19H21N5O2. The van der Waals surface area contributed by atoms with Gasteiger partial charge in [0.1, 0.15) is 11.5 Å². The molecule has 7 heteroatoms. The highest BCUT2D eigenvalue weighted by molar-refractivity contribution is 6.04. The van der Waals surface area contributed by atoms with Gasteiger partial charge in [-0.25, -0.2) is 4.98 Å². The Balaban J connectivity index is 1.57. The first-order chi connectivity index (χ1) is 12.5. The number of hydrogen-bond acceptors (Lipinski definition) is 5. The standard InChI is InChI=1S/C19H21N5O2/c1-12-8-17-13(10-23(2)22-17)9-16(12)21-19(26)15-4-3-5-18(20-15)24-7-6-14(25)11-24/h3-5,8-10,14,25H,6-7,11H2,1-2H3,(H,21,26). The summed E-state index contributed by atoms with van der Waals surface area (Å²) in [6.45, 7) is 3.24. The van der Waals surface area contributed by atoms with E-state index in [4.69, 9.17) is 0 Å². The SMILES string of the molecule is Cc1cc2nn(C)cc2cc1NC(=O)c1cccc(N2CCC(O)C2)n1. The van der Waals surface area contributed by atoms with Gasteiger partial charge < -0.3 is 15.3 Å². The van der Waals surface area contributed by atoms with Crippen LogP contribution in [0.15, 0.2) is 36.5 Å². The summed E-state index contributed by atoms with van der Waals surface area (Å²) < 4.78 is 1.76. The minimum Gasteiger partial charge on any atom is -0.391 e. The molecule has 2 aromatic heterocycles. The third-order valence-corrected chi connectivity index (χ3v) is 4.67. The normalized spacial score (nSPS) is 17.0. The Hall–Kier alpha value is -2.93. The van der Waals surface area contributed by atoms with E-state index in [2.05, 4.69) is 15.4 Å². The molecular weight excluding hydrogens is 330 g/mol. The van der Waals surface area contributed by atoms with Gasteiger partial charge in [0.25, 0.3) is 5.91 Å². The molecule has 0 saturated carbocycles. The number of carbonyl (C=O) groups is 1. The molecule has 1 aliphatic rings. The molecule has 1 unspecified atom stereocenters. The molecule has 1 amide bonds. The Morgan fingerprint density at radius 1 is 1.35 bits per heavy atom. The van der Waals surface area contributed by atoms with Crippen molar-refractivity contribution < 1.29 is 9.90 Å². The van der Waals surface area contributed by atoms with E-state index < -0.39 is 0 Å². The van der Waals surface area contributed by atoms with Crippen LogP contribution in [0.2, 0.25) is 0 Å². The van der Waals surface area contributed by atoms with Crippen molar-refractivity contribution in [2.75, 3.05) is 23.3 Å². The third kappa shape index (κ3) is 3.13. The molecule has 3 aromatic rings. The van der Waals surface area contributed by atoms with Crippen molar-refractivity contribution >= 4 is 28.3 Å². The van der Waals surface area contributed by atoms with Crippen molar-refractivity contribution in [2.24, 2.45) is 7.05 Å². The topological polar surface area (TPSA) is 83.3 Å². The zero-order chi connectivity index (χ0) is 18.3. The van der Waals surface area contributed by atoms with Crippen LogP contribution in [0.4, 0.5) is 11.5 Å². The number of benzene rings is 1. The maximum absolute atomic E-state index is 12.7. The molecule has 0 radical (unpaired) electrons. The number of aliphatic hydroxyl groups is 1. The quantitative estimate of drug-likeness (QED) is 0.755. The van der Waals surface area contributed by atoms with Crippen LogP contribution in [0.5, 0.6) is 0 Å². The summed E-state index contributed by atoms with van der Waals surface area (Å²) in [6, 6.07) is 9.26. The number of nitrogens with zero attached hydrogens (tertiary/aromatic N) is 4. The second-order valence-electron chi connectivity index (χ2n) is 6.75. The summed E-state index contributed by atoms with van der Waals surface area (Å²) in [7, 11) is 1.87. The fraction of sp³-hybridized carbons (Fsp3) is 0.316. The first kappa shape index (κ1) is 16.5. The molecule has 7 nitrogen and oxygen atoms in total. The smallest absolute Gasteiger partial charge is 0.274 e. The highest BCUT2D eigenvalue weighted by Gasteiger charge is 2.22. The average molecular weight is 351 g/mol. The van der Waals surface area contributed by atoms with Gasteiger partial charge in [0.2, 0.25) is 0 Å². The Bertz CT molecular complexity index is 981. The number of pyridine rings is 1. The molecule has 1 aromatic carbocycles. The van der Waals surface area contributed by atoms with E-state index in [-0.39, 0.29) is 12.0 Å². The van der Waals surface area contributed by atoms with Crippen molar-refractivity contribution in [2.45, 2.75) is 19.4 Å². The van der Waals surface area contributed by atoms with Crippen LogP contribution in [0, 0.1) is 6.92 Å². The van der Waals surface area contributed by atoms with E-state index in [0.717, 1.165) is 35.1 Å². The first-order valence-corrected chi connectivity index (χ1v) is 8.65. The van der Waals surface area contributed by atoms with Crippen molar-refractivity contribution in [1.29, 1.82) is 0 Å². The number of carbonyl (C=O) groups excluding carboxylic acids is 1. The second kappa shape index (κ2) is 6.42. The first-order valence-electron chi connectivity index (χ1n) is 8.65. The molecule has 134 valence electrons.